The van der Waals surface area contributed by atoms with Gasteiger partial charge in [-0.15, -0.1) is 0 Å². The molecule has 2 heterocycles. The number of hydrogen-bond acceptors (Lipinski definition) is 4. The van der Waals surface area contributed by atoms with E-state index in [9.17, 15) is 0 Å². The molecule has 2 N–H and O–H groups in total. The second-order valence-electron chi connectivity index (χ2n) is 5.29. The summed E-state index contributed by atoms with van der Waals surface area (Å²) in [6.07, 6.45) is 5.41. The summed E-state index contributed by atoms with van der Waals surface area (Å²) < 4.78 is 5.50. The molecular weight excluding hydrogens is 232 g/mol. The lowest BCUT2D eigenvalue weighted by Crippen LogP contribution is -2.56. The van der Waals surface area contributed by atoms with Gasteiger partial charge in [-0.25, -0.2) is 0 Å². The molecule has 0 spiro atoms. The molecule has 2 rings (SSSR count). The fraction of sp³-hybridized carbons (Fsp3) is 1.00. The van der Waals surface area contributed by atoms with E-state index in [4.69, 9.17) is 10.5 Å². The highest BCUT2D eigenvalue weighted by Gasteiger charge is 2.35. The lowest BCUT2D eigenvalue weighted by molar-refractivity contribution is -0.00601. The molecule has 0 aromatic heterocycles. The normalized spacial score (nSPS) is 40.4. The highest BCUT2D eigenvalue weighted by Crippen LogP contribution is 2.32. The van der Waals surface area contributed by atoms with Crippen LogP contribution in [0.2, 0.25) is 0 Å². The van der Waals surface area contributed by atoms with Crippen molar-refractivity contribution in [3.63, 3.8) is 0 Å². The summed E-state index contributed by atoms with van der Waals surface area (Å²) in [5.41, 5.74) is 5.96. The number of piperidine rings is 1. The molecule has 2 aliphatic heterocycles. The first-order valence-electron chi connectivity index (χ1n) is 6.86. The number of hydrogen-bond donors (Lipinski definition) is 1. The molecule has 4 atom stereocenters. The van der Waals surface area contributed by atoms with Crippen LogP contribution >= 0.6 is 11.8 Å². The lowest BCUT2D eigenvalue weighted by Gasteiger charge is -2.46. The average molecular weight is 258 g/mol. The third kappa shape index (κ3) is 3.16. The Morgan fingerprint density at radius 3 is 2.88 bits per heavy atom. The zero-order chi connectivity index (χ0) is 12.3. The van der Waals surface area contributed by atoms with Crippen molar-refractivity contribution in [3.05, 3.63) is 0 Å². The molecule has 0 aromatic carbocycles. The van der Waals surface area contributed by atoms with Crippen LogP contribution in [0.1, 0.15) is 32.6 Å². The summed E-state index contributed by atoms with van der Waals surface area (Å²) in [7, 11) is 1.83. The molecule has 0 amide bonds. The maximum Gasteiger partial charge on any atom is 0.0599 e. The summed E-state index contributed by atoms with van der Waals surface area (Å²) in [5.74, 6) is 1.33. The first-order chi connectivity index (χ1) is 8.26. The Labute approximate surface area is 109 Å². The van der Waals surface area contributed by atoms with Crippen molar-refractivity contribution < 1.29 is 4.74 Å². The molecule has 0 aliphatic carbocycles. The molecule has 100 valence electrons. The Kier molecular flexibility index (Phi) is 5.15. The smallest absolute Gasteiger partial charge is 0.0599 e. The van der Waals surface area contributed by atoms with Crippen molar-refractivity contribution in [1.29, 1.82) is 0 Å². The van der Waals surface area contributed by atoms with E-state index in [1.807, 2.05) is 7.11 Å². The van der Waals surface area contributed by atoms with Crippen LogP contribution in [-0.4, -0.2) is 54.3 Å². The van der Waals surface area contributed by atoms with Crippen LogP contribution in [0.25, 0.3) is 0 Å². The number of likely N-dealkylation sites (tertiary alicyclic amines) is 1. The van der Waals surface area contributed by atoms with Crippen LogP contribution in [-0.2, 0) is 4.74 Å². The van der Waals surface area contributed by atoms with Crippen molar-refractivity contribution >= 4 is 11.8 Å². The summed E-state index contributed by atoms with van der Waals surface area (Å²) in [6, 6.07) is 1.26. The van der Waals surface area contributed by atoms with Crippen LogP contribution < -0.4 is 5.73 Å². The predicted octanol–water partition coefficient (Wildman–Crippen LogP) is 1.71. The van der Waals surface area contributed by atoms with Crippen molar-refractivity contribution in [2.24, 2.45) is 5.73 Å². The molecular formula is C13H26N2OS. The van der Waals surface area contributed by atoms with Crippen molar-refractivity contribution in [3.8, 4) is 0 Å². The quantitative estimate of drug-likeness (QED) is 0.836. The molecule has 0 radical (unpaired) electrons. The first kappa shape index (κ1) is 13.7. The minimum atomic E-state index is 0.423. The van der Waals surface area contributed by atoms with Gasteiger partial charge in [0.2, 0.25) is 0 Å². The molecule has 2 aliphatic rings. The van der Waals surface area contributed by atoms with E-state index in [1.165, 1.54) is 25.0 Å². The molecule has 4 unspecified atom stereocenters. The third-order valence-electron chi connectivity index (χ3n) is 4.31. The molecule has 0 bridgehead atoms. The second kappa shape index (κ2) is 6.41. The summed E-state index contributed by atoms with van der Waals surface area (Å²) in [6.45, 7) is 4.31. The highest BCUT2D eigenvalue weighted by atomic mass is 32.2. The maximum atomic E-state index is 5.96. The van der Waals surface area contributed by atoms with Gasteiger partial charge in [-0.1, -0.05) is 6.92 Å². The van der Waals surface area contributed by atoms with Gasteiger partial charge in [-0.2, -0.15) is 11.8 Å². The van der Waals surface area contributed by atoms with Crippen molar-refractivity contribution in [2.45, 2.75) is 56.0 Å². The minimum absolute atomic E-state index is 0.423. The van der Waals surface area contributed by atoms with Gasteiger partial charge in [0.25, 0.3) is 0 Å². The van der Waals surface area contributed by atoms with Crippen LogP contribution in [0.3, 0.4) is 0 Å². The molecule has 2 fully saturated rings. The van der Waals surface area contributed by atoms with Gasteiger partial charge in [0.05, 0.1) is 6.10 Å². The number of methoxy groups -OCH3 is 1. The van der Waals surface area contributed by atoms with Crippen LogP contribution in [0.4, 0.5) is 0 Å². The first-order valence-corrected chi connectivity index (χ1v) is 7.91. The second-order valence-corrected chi connectivity index (χ2v) is 6.78. The van der Waals surface area contributed by atoms with Crippen LogP contribution in [0, 0.1) is 0 Å². The average Bonchev–Trinajstić information content (AvgIpc) is 2.38. The van der Waals surface area contributed by atoms with E-state index in [0.29, 0.717) is 12.1 Å². The summed E-state index contributed by atoms with van der Waals surface area (Å²) >= 11 is 2.13. The Hall–Kier alpha value is 0.230. The molecule has 3 nitrogen and oxygen atoms in total. The third-order valence-corrected chi connectivity index (χ3v) is 5.68. The van der Waals surface area contributed by atoms with E-state index in [-0.39, 0.29) is 0 Å². The molecule has 0 saturated carbocycles. The highest BCUT2D eigenvalue weighted by molar-refractivity contribution is 7.99. The number of ether oxygens (including phenoxy) is 1. The monoisotopic (exact) mass is 258 g/mol. The van der Waals surface area contributed by atoms with Crippen molar-refractivity contribution in [1.82, 2.24) is 4.90 Å². The predicted molar refractivity (Wildman–Crippen MR) is 74.5 cm³/mol. The molecule has 17 heavy (non-hydrogen) atoms. The SMILES string of the molecule is COC1CCN(C2CCCSC2C)C(CN)C1. The Balaban J connectivity index is 1.98. The molecule has 0 aromatic rings. The summed E-state index contributed by atoms with van der Waals surface area (Å²) in [4.78, 5) is 2.67. The number of nitrogens with zero attached hydrogens (tertiary/aromatic N) is 1. The van der Waals surface area contributed by atoms with Crippen LogP contribution in [0.15, 0.2) is 0 Å². The largest absolute Gasteiger partial charge is 0.381 e. The maximum absolute atomic E-state index is 5.96. The zero-order valence-corrected chi connectivity index (χ0v) is 11.9. The van der Waals surface area contributed by atoms with E-state index < -0.39 is 0 Å². The number of nitrogens with two attached hydrogens (primary N) is 1. The molecule has 2 saturated heterocycles. The Morgan fingerprint density at radius 2 is 2.24 bits per heavy atom. The van der Waals surface area contributed by atoms with Gasteiger partial charge >= 0.3 is 0 Å². The van der Waals surface area contributed by atoms with Crippen molar-refractivity contribution in [2.75, 3.05) is 26.0 Å². The van der Waals surface area contributed by atoms with Gasteiger partial charge in [-0.3, -0.25) is 4.90 Å². The van der Waals surface area contributed by atoms with Gasteiger partial charge in [0.15, 0.2) is 0 Å². The van der Waals surface area contributed by atoms with Gasteiger partial charge < -0.3 is 10.5 Å². The summed E-state index contributed by atoms with van der Waals surface area (Å²) in [5, 5.41) is 0.761. The van der Waals surface area contributed by atoms with E-state index in [2.05, 4.69) is 23.6 Å². The van der Waals surface area contributed by atoms with Crippen LogP contribution in [0.5, 0.6) is 0 Å². The van der Waals surface area contributed by atoms with Gasteiger partial charge in [0.1, 0.15) is 0 Å². The van der Waals surface area contributed by atoms with E-state index in [1.54, 1.807) is 0 Å². The van der Waals surface area contributed by atoms with E-state index in [0.717, 1.165) is 30.8 Å². The number of rotatable bonds is 3. The lowest BCUT2D eigenvalue weighted by atomic mass is 9.94. The van der Waals surface area contributed by atoms with Gasteiger partial charge in [0, 0.05) is 37.5 Å². The Bertz CT molecular complexity index is 239. The standard InChI is InChI=1S/C13H26N2OS/c1-10-13(4-3-7-17-10)15-6-5-12(16-2)8-11(15)9-14/h10-13H,3-9,14H2,1-2H3. The van der Waals surface area contributed by atoms with Gasteiger partial charge in [-0.05, 0) is 31.4 Å². The zero-order valence-electron chi connectivity index (χ0n) is 11.1. The topological polar surface area (TPSA) is 38.5 Å². The fourth-order valence-electron chi connectivity index (χ4n) is 3.26. The Morgan fingerprint density at radius 1 is 1.41 bits per heavy atom. The fourth-order valence-corrected chi connectivity index (χ4v) is 4.48. The molecule has 4 heteroatoms. The number of thioether (sulfide) groups is 1. The van der Waals surface area contributed by atoms with E-state index >= 15 is 0 Å². The minimum Gasteiger partial charge on any atom is -0.381 e.